The number of pyridine rings is 3. The Morgan fingerprint density at radius 1 is 1.11 bits per heavy atom. The minimum atomic E-state index is -0.355. The van der Waals surface area contributed by atoms with Crippen molar-refractivity contribution in [3.63, 3.8) is 0 Å². The minimum absolute atomic E-state index is 0.204. The van der Waals surface area contributed by atoms with Crippen molar-refractivity contribution >= 4 is 17.4 Å². The number of H-pyrrole nitrogens is 1. The van der Waals surface area contributed by atoms with Gasteiger partial charge in [0.25, 0.3) is 11.1 Å². The lowest BCUT2D eigenvalue weighted by atomic mass is 10.1. The van der Waals surface area contributed by atoms with Crippen LogP contribution in [0.3, 0.4) is 0 Å². The van der Waals surface area contributed by atoms with E-state index in [1.165, 1.54) is 10.6 Å². The Kier molecular flexibility index (Phi) is 7.17. The van der Waals surface area contributed by atoms with Crippen LogP contribution >= 0.6 is 11.6 Å². The van der Waals surface area contributed by atoms with Crippen molar-refractivity contribution < 1.29 is 9.47 Å². The molecule has 2 aliphatic heterocycles. The fourth-order valence-corrected chi connectivity index (χ4v) is 4.65. The van der Waals surface area contributed by atoms with Gasteiger partial charge in [-0.2, -0.15) is 0 Å². The highest BCUT2D eigenvalue weighted by molar-refractivity contribution is 6.30. The molecule has 5 heterocycles. The van der Waals surface area contributed by atoms with Gasteiger partial charge in [0.2, 0.25) is 0 Å². The molecule has 2 saturated heterocycles. The Labute approximate surface area is 207 Å². The van der Waals surface area contributed by atoms with Crippen LogP contribution < -0.4 is 26.1 Å². The second-order valence-electron chi connectivity index (χ2n) is 8.87. The smallest absolute Gasteiger partial charge is 0.273 e. The summed E-state index contributed by atoms with van der Waals surface area (Å²) in [6.07, 6.45) is 6.19. The number of nitrogens with one attached hydrogen (secondary N) is 2. The zero-order valence-electron chi connectivity index (χ0n) is 19.3. The maximum atomic E-state index is 12.8. The lowest BCUT2D eigenvalue weighted by Gasteiger charge is -2.27. The fraction of sp³-hybridized carbons (Fsp3) is 0.400. The van der Waals surface area contributed by atoms with Crippen LogP contribution in [0.25, 0.3) is 5.69 Å². The van der Waals surface area contributed by atoms with Crippen LogP contribution in [0.1, 0.15) is 25.0 Å². The molecule has 1 atom stereocenters. The summed E-state index contributed by atoms with van der Waals surface area (Å²) in [5, 5.41) is 4.27. The molecule has 3 aromatic rings. The summed E-state index contributed by atoms with van der Waals surface area (Å²) in [4.78, 5) is 34.8. The van der Waals surface area contributed by atoms with Crippen LogP contribution in [0.15, 0.2) is 58.4 Å². The van der Waals surface area contributed by atoms with Gasteiger partial charge < -0.3 is 24.7 Å². The van der Waals surface area contributed by atoms with Crippen molar-refractivity contribution in [2.24, 2.45) is 0 Å². The molecule has 3 aromatic heterocycles. The minimum Gasteiger partial charge on any atom is -0.487 e. The third kappa shape index (κ3) is 5.75. The highest BCUT2D eigenvalue weighted by Crippen LogP contribution is 2.20. The Morgan fingerprint density at radius 3 is 2.71 bits per heavy atom. The van der Waals surface area contributed by atoms with Crippen LogP contribution in [0.5, 0.6) is 5.75 Å². The Bertz CT molecular complexity index is 1270. The first-order chi connectivity index (χ1) is 17.0. The average Bonchev–Trinajstić information content (AvgIpc) is 3.33. The summed E-state index contributed by atoms with van der Waals surface area (Å²) in [5.41, 5.74) is 0.287. The SMILES string of the molecule is O=c1[nH]c(N2CCC(NC3CCOCC3)C2)ccc1-n1ccc(OCc2ccc(Cl)cn2)cc1=O. The molecule has 2 aliphatic rings. The van der Waals surface area contributed by atoms with Crippen molar-refractivity contribution in [2.45, 2.75) is 38.0 Å². The van der Waals surface area contributed by atoms with E-state index < -0.39 is 0 Å². The predicted molar refractivity (Wildman–Crippen MR) is 134 cm³/mol. The standard InChI is InChI=1S/C25H28ClN5O4/c26-17-1-2-20(27-14-17)16-35-21-6-10-31(24(32)13-21)22-3-4-23(29-25(22)33)30-9-5-19(15-30)28-18-7-11-34-12-8-18/h1-4,6,10,13-14,18-19,28H,5,7-9,11-12,15-16H2,(H,29,33). The van der Waals surface area contributed by atoms with E-state index in [1.54, 1.807) is 36.7 Å². The highest BCUT2D eigenvalue weighted by Gasteiger charge is 2.26. The van der Waals surface area contributed by atoms with E-state index in [1.807, 2.05) is 6.07 Å². The van der Waals surface area contributed by atoms with Crippen molar-refractivity contribution in [1.82, 2.24) is 19.9 Å². The van der Waals surface area contributed by atoms with E-state index in [4.69, 9.17) is 21.1 Å². The third-order valence-electron chi connectivity index (χ3n) is 6.42. The number of halogens is 1. The van der Waals surface area contributed by atoms with Gasteiger partial charge in [-0.1, -0.05) is 11.6 Å². The van der Waals surface area contributed by atoms with E-state index >= 15 is 0 Å². The number of hydrogen-bond donors (Lipinski definition) is 2. The van der Waals surface area contributed by atoms with Gasteiger partial charge in [0.05, 0.1) is 10.7 Å². The fourth-order valence-electron chi connectivity index (χ4n) is 4.54. The summed E-state index contributed by atoms with van der Waals surface area (Å²) < 4.78 is 12.4. The molecule has 0 aliphatic carbocycles. The van der Waals surface area contributed by atoms with Gasteiger partial charge in [-0.05, 0) is 49.6 Å². The highest BCUT2D eigenvalue weighted by atomic mass is 35.5. The first kappa shape index (κ1) is 23.6. The second kappa shape index (κ2) is 10.6. The van der Waals surface area contributed by atoms with Crippen LogP contribution in [0, 0.1) is 0 Å². The molecule has 2 fully saturated rings. The number of ether oxygens (including phenoxy) is 2. The molecule has 0 amide bonds. The molecular weight excluding hydrogens is 470 g/mol. The lowest BCUT2D eigenvalue weighted by Crippen LogP contribution is -2.43. The third-order valence-corrected chi connectivity index (χ3v) is 6.64. The second-order valence-corrected chi connectivity index (χ2v) is 9.31. The van der Waals surface area contributed by atoms with Gasteiger partial charge >= 0.3 is 0 Å². The number of rotatable bonds is 7. The Hall–Kier alpha value is -3.14. The molecular formula is C25H28ClN5O4. The quantitative estimate of drug-likeness (QED) is 0.517. The average molecular weight is 498 g/mol. The molecule has 9 nitrogen and oxygen atoms in total. The van der Waals surface area contributed by atoms with E-state index in [-0.39, 0.29) is 23.4 Å². The molecule has 0 radical (unpaired) electrons. The molecule has 1 unspecified atom stereocenters. The largest absolute Gasteiger partial charge is 0.487 e. The molecule has 5 rings (SSSR count). The molecule has 10 heteroatoms. The van der Waals surface area contributed by atoms with Gasteiger partial charge in [0.15, 0.2) is 0 Å². The molecule has 0 saturated carbocycles. The summed E-state index contributed by atoms with van der Waals surface area (Å²) in [6, 6.07) is 10.9. The number of aromatic amines is 1. The van der Waals surface area contributed by atoms with E-state index in [0.717, 1.165) is 51.4 Å². The molecule has 0 aromatic carbocycles. The maximum Gasteiger partial charge on any atom is 0.273 e. The van der Waals surface area contributed by atoms with Gasteiger partial charge in [-0.3, -0.25) is 19.1 Å². The first-order valence-electron chi connectivity index (χ1n) is 11.8. The van der Waals surface area contributed by atoms with Crippen molar-refractivity contribution in [3.05, 3.63) is 80.2 Å². The van der Waals surface area contributed by atoms with Crippen LogP contribution in [0.2, 0.25) is 5.02 Å². The Balaban J connectivity index is 1.23. The van der Waals surface area contributed by atoms with E-state index in [0.29, 0.717) is 28.5 Å². The van der Waals surface area contributed by atoms with E-state index in [9.17, 15) is 9.59 Å². The molecule has 184 valence electrons. The monoisotopic (exact) mass is 497 g/mol. The van der Waals surface area contributed by atoms with Crippen molar-refractivity contribution in [3.8, 4) is 11.4 Å². The number of anilines is 1. The van der Waals surface area contributed by atoms with Gasteiger partial charge in [0.1, 0.15) is 23.9 Å². The predicted octanol–water partition coefficient (Wildman–Crippen LogP) is 2.50. The van der Waals surface area contributed by atoms with Crippen LogP contribution in [-0.4, -0.2) is 52.9 Å². The number of nitrogens with zero attached hydrogens (tertiary/aromatic N) is 3. The zero-order valence-corrected chi connectivity index (χ0v) is 20.0. The van der Waals surface area contributed by atoms with Crippen molar-refractivity contribution in [1.29, 1.82) is 0 Å². The maximum absolute atomic E-state index is 12.8. The zero-order chi connectivity index (χ0) is 24.2. The molecule has 2 N–H and O–H groups in total. The number of hydrogen-bond acceptors (Lipinski definition) is 7. The van der Waals surface area contributed by atoms with Gasteiger partial charge in [0, 0.05) is 56.8 Å². The number of aromatic nitrogens is 3. The molecule has 35 heavy (non-hydrogen) atoms. The first-order valence-corrected chi connectivity index (χ1v) is 12.2. The van der Waals surface area contributed by atoms with Gasteiger partial charge in [-0.15, -0.1) is 0 Å². The summed E-state index contributed by atoms with van der Waals surface area (Å²) in [7, 11) is 0. The summed E-state index contributed by atoms with van der Waals surface area (Å²) in [5.74, 6) is 1.16. The Morgan fingerprint density at radius 2 is 1.97 bits per heavy atom. The lowest BCUT2D eigenvalue weighted by molar-refractivity contribution is 0.0755. The van der Waals surface area contributed by atoms with Gasteiger partial charge in [-0.25, -0.2) is 0 Å². The van der Waals surface area contributed by atoms with E-state index in [2.05, 4.69) is 20.2 Å². The van der Waals surface area contributed by atoms with Crippen LogP contribution in [0.4, 0.5) is 5.82 Å². The summed E-state index contributed by atoms with van der Waals surface area (Å²) >= 11 is 5.84. The molecule has 0 bridgehead atoms. The normalized spacial score (nSPS) is 18.7. The van der Waals surface area contributed by atoms with Crippen LogP contribution in [-0.2, 0) is 11.3 Å². The molecule has 0 spiro atoms. The topological polar surface area (TPSA) is 101 Å². The van der Waals surface area contributed by atoms with Crippen molar-refractivity contribution in [2.75, 3.05) is 31.2 Å². The summed E-state index contributed by atoms with van der Waals surface area (Å²) in [6.45, 7) is 3.53.